The highest BCUT2D eigenvalue weighted by Gasteiger charge is 2.57. The van der Waals surface area contributed by atoms with Gasteiger partial charge in [0.15, 0.2) is 5.72 Å². The number of hydrogen-bond donors (Lipinski definition) is 2. The molecule has 4 aliphatic rings. The van der Waals surface area contributed by atoms with Gasteiger partial charge < -0.3 is 19.8 Å². The molecule has 6 rings (SSSR count). The van der Waals surface area contributed by atoms with Gasteiger partial charge in [0, 0.05) is 18.3 Å². The van der Waals surface area contributed by atoms with Crippen molar-refractivity contribution in [2.24, 2.45) is 17.8 Å². The zero-order valence-corrected chi connectivity index (χ0v) is 14.9. The highest BCUT2D eigenvalue weighted by atomic mass is 16.5. The minimum Gasteiger partial charge on any atom is -0.467 e. The van der Waals surface area contributed by atoms with Crippen LogP contribution in [-0.4, -0.2) is 17.5 Å². The molecule has 2 aromatic rings. The van der Waals surface area contributed by atoms with Gasteiger partial charge in [0.05, 0.1) is 18.4 Å². The Bertz CT molecular complexity index is 878. The van der Waals surface area contributed by atoms with Crippen LogP contribution in [0.5, 0.6) is 5.75 Å². The standard InChI is InChI=1S/C21H22N2O4/c24-19(22-12-15-4-3-9-26-15)17-10-14-8-7-13(17)11-21(14)23-20(25)16-5-1-2-6-18(16)27-21/h1-6,9,13-14,17H,7-8,10-12H2,(H,22,24)(H,23,25)/t13-,14+,17-,21+/m0/s1. The summed E-state index contributed by atoms with van der Waals surface area (Å²) < 4.78 is 11.6. The Labute approximate surface area is 157 Å². The molecule has 1 spiro atoms. The Morgan fingerprint density at radius 2 is 2.11 bits per heavy atom. The lowest BCUT2D eigenvalue weighted by atomic mass is 9.60. The van der Waals surface area contributed by atoms with E-state index in [1.54, 1.807) is 12.3 Å². The number of hydrogen-bond acceptors (Lipinski definition) is 4. The summed E-state index contributed by atoms with van der Waals surface area (Å²) in [5, 5.41) is 6.12. The molecule has 1 aromatic heterocycles. The average Bonchev–Trinajstić information content (AvgIpc) is 3.20. The third-order valence-electron chi connectivity index (χ3n) is 6.32. The Morgan fingerprint density at radius 3 is 2.89 bits per heavy atom. The van der Waals surface area contributed by atoms with Gasteiger partial charge in [-0.15, -0.1) is 0 Å². The summed E-state index contributed by atoms with van der Waals surface area (Å²) in [7, 11) is 0. The van der Waals surface area contributed by atoms with E-state index in [1.807, 2.05) is 30.3 Å². The first-order valence-corrected chi connectivity index (χ1v) is 9.55. The monoisotopic (exact) mass is 366 g/mol. The second-order valence-corrected chi connectivity index (χ2v) is 7.82. The summed E-state index contributed by atoms with van der Waals surface area (Å²) in [6.45, 7) is 0.408. The zero-order valence-electron chi connectivity index (χ0n) is 14.9. The maximum atomic E-state index is 12.7. The van der Waals surface area contributed by atoms with Crippen molar-refractivity contribution < 1.29 is 18.7 Å². The van der Waals surface area contributed by atoms with Crippen LogP contribution in [0.4, 0.5) is 0 Å². The van der Waals surface area contributed by atoms with Crippen molar-refractivity contribution in [3.05, 3.63) is 54.0 Å². The van der Waals surface area contributed by atoms with Gasteiger partial charge in [-0.25, -0.2) is 0 Å². The first-order chi connectivity index (χ1) is 13.1. The quantitative estimate of drug-likeness (QED) is 0.875. The molecule has 27 heavy (non-hydrogen) atoms. The molecule has 6 heteroatoms. The van der Waals surface area contributed by atoms with Crippen LogP contribution in [-0.2, 0) is 11.3 Å². The molecular formula is C21H22N2O4. The molecule has 140 valence electrons. The smallest absolute Gasteiger partial charge is 0.258 e. The largest absolute Gasteiger partial charge is 0.467 e. The van der Waals surface area contributed by atoms with Crippen molar-refractivity contribution in [3.63, 3.8) is 0 Å². The number of rotatable bonds is 3. The van der Waals surface area contributed by atoms with E-state index in [0.717, 1.165) is 25.0 Å². The maximum absolute atomic E-state index is 12.7. The van der Waals surface area contributed by atoms with Gasteiger partial charge in [-0.2, -0.15) is 0 Å². The Morgan fingerprint density at radius 1 is 1.22 bits per heavy atom. The van der Waals surface area contributed by atoms with Crippen LogP contribution in [0.3, 0.4) is 0 Å². The summed E-state index contributed by atoms with van der Waals surface area (Å²) in [5.41, 5.74) is -0.0936. The minimum absolute atomic E-state index is 0.0398. The fraction of sp³-hybridized carbons (Fsp3) is 0.429. The molecule has 0 radical (unpaired) electrons. The lowest BCUT2D eigenvalue weighted by molar-refractivity contribution is -0.146. The molecule has 0 saturated heterocycles. The van der Waals surface area contributed by atoms with E-state index >= 15 is 0 Å². The fourth-order valence-electron chi connectivity index (χ4n) is 5.00. The Balaban J connectivity index is 1.32. The van der Waals surface area contributed by atoms with Crippen molar-refractivity contribution in [2.45, 2.75) is 38.0 Å². The molecule has 3 fully saturated rings. The Hall–Kier alpha value is -2.76. The van der Waals surface area contributed by atoms with Crippen molar-refractivity contribution in [2.75, 3.05) is 0 Å². The number of ether oxygens (including phenoxy) is 1. The lowest BCUT2D eigenvalue weighted by Crippen LogP contribution is -2.66. The van der Waals surface area contributed by atoms with Crippen molar-refractivity contribution in [3.8, 4) is 5.75 Å². The average molecular weight is 366 g/mol. The van der Waals surface area contributed by atoms with E-state index in [2.05, 4.69) is 10.6 Å². The van der Waals surface area contributed by atoms with Crippen LogP contribution in [0.2, 0.25) is 0 Å². The van der Waals surface area contributed by atoms with Gasteiger partial charge in [0.25, 0.3) is 5.91 Å². The van der Waals surface area contributed by atoms with Crippen LogP contribution in [0.25, 0.3) is 0 Å². The number of furan rings is 1. The molecule has 2 N–H and O–H groups in total. The summed E-state index contributed by atoms with van der Waals surface area (Å²) in [5.74, 6) is 1.69. The van der Waals surface area contributed by atoms with Gasteiger partial charge >= 0.3 is 0 Å². The van der Waals surface area contributed by atoms with Gasteiger partial charge in [0.1, 0.15) is 11.5 Å². The van der Waals surface area contributed by atoms with Gasteiger partial charge in [-0.1, -0.05) is 12.1 Å². The number of benzene rings is 1. The molecule has 0 unspecified atom stereocenters. The predicted octanol–water partition coefficient (Wildman–Crippen LogP) is 2.85. The summed E-state index contributed by atoms with van der Waals surface area (Å²) in [6, 6.07) is 11.0. The van der Waals surface area contributed by atoms with Crippen LogP contribution < -0.4 is 15.4 Å². The van der Waals surface area contributed by atoms with E-state index in [0.29, 0.717) is 24.3 Å². The molecule has 1 aliphatic heterocycles. The first-order valence-electron chi connectivity index (χ1n) is 9.55. The SMILES string of the molecule is O=C1N[C@]2(C[C@@H]3CC[C@@H]2C[C@@H]3C(=O)NCc2ccco2)Oc2ccccc21. The molecule has 3 saturated carbocycles. The topological polar surface area (TPSA) is 80.6 Å². The molecule has 2 heterocycles. The molecule has 3 aliphatic carbocycles. The van der Waals surface area contributed by atoms with Gasteiger partial charge in [-0.3, -0.25) is 9.59 Å². The normalized spacial score (nSPS) is 31.1. The summed E-state index contributed by atoms with van der Waals surface area (Å²) in [4.78, 5) is 25.3. The summed E-state index contributed by atoms with van der Waals surface area (Å²) in [6.07, 6.45) is 4.98. The fourth-order valence-corrected chi connectivity index (χ4v) is 5.00. The molecule has 2 bridgehead atoms. The maximum Gasteiger partial charge on any atom is 0.258 e. The van der Waals surface area contributed by atoms with E-state index in [-0.39, 0.29) is 29.6 Å². The van der Waals surface area contributed by atoms with E-state index < -0.39 is 5.72 Å². The molecule has 1 aromatic carbocycles. The highest BCUT2D eigenvalue weighted by Crippen LogP contribution is 2.52. The summed E-state index contributed by atoms with van der Waals surface area (Å²) >= 11 is 0. The number of carbonyl (C=O) groups is 2. The second kappa shape index (κ2) is 6.15. The molecule has 2 amide bonds. The molecule has 4 atom stereocenters. The number of carbonyl (C=O) groups excluding carboxylic acids is 2. The van der Waals surface area contributed by atoms with Crippen molar-refractivity contribution in [1.82, 2.24) is 10.6 Å². The minimum atomic E-state index is -0.674. The van der Waals surface area contributed by atoms with E-state index in [4.69, 9.17) is 9.15 Å². The van der Waals surface area contributed by atoms with Crippen molar-refractivity contribution >= 4 is 11.8 Å². The lowest BCUT2D eigenvalue weighted by Gasteiger charge is -2.55. The number of amides is 2. The molecule has 6 nitrogen and oxygen atoms in total. The van der Waals surface area contributed by atoms with Crippen molar-refractivity contribution in [1.29, 1.82) is 0 Å². The number of nitrogens with one attached hydrogen (secondary N) is 2. The van der Waals surface area contributed by atoms with Crippen LogP contribution in [0.1, 0.15) is 41.8 Å². The Kier molecular flexibility index (Phi) is 3.74. The first kappa shape index (κ1) is 16.4. The van der Waals surface area contributed by atoms with E-state index in [9.17, 15) is 9.59 Å². The zero-order chi connectivity index (χ0) is 18.4. The highest BCUT2D eigenvalue weighted by molar-refractivity contribution is 5.98. The number of fused-ring (bicyclic) bond motifs is 3. The van der Waals surface area contributed by atoms with Gasteiger partial charge in [-0.05, 0) is 49.4 Å². The predicted molar refractivity (Wildman–Crippen MR) is 96.8 cm³/mol. The third kappa shape index (κ3) is 2.71. The number of para-hydroxylation sites is 1. The van der Waals surface area contributed by atoms with Gasteiger partial charge in [0.2, 0.25) is 5.91 Å². The van der Waals surface area contributed by atoms with Crippen LogP contribution in [0, 0.1) is 17.8 Å². The van der Waals surface area contributed by atoms with E-state index in [1.165, 1.54) is 0 Å². The van der Waals surface area contributed by atoms with Crippen LogP contribution in [0.15, 0.2) is 47.1 Å². The molecular weight excluding hydrogens is 344 g/mol. The second-order valence-electron chi connectivity index (χ2n) is 7.82. The van der Waals surface area contributed by atoms with Crippen LogP contribution >= 0.6 is 0 Å². The third-order valence-corrected chi connectivity index (χ3v) is 6.32.